The Morgan fingerprint density at radius 2 is 1.81 bits per heavy atom. The number of piperidine rings is 1. The summed E-state index contributed by atoms with van der Waals surface area (Å²) in [5, 5.41) is 0. The molecule has 1 fully saturated rings. The zero-order valence-electron chi connectivity index (χ0n) is 13.0. The molecule has 0 atom stereocenters. The van der Waals surface area contributed by atoms with Crippen LogP contribution in [0.1, 0.15) is 25.3 Å². The molecule has 21 heavy (non-hydrogen) atoms. The Hall–Kier alpha value is -0.910. The standard InChI is InChI=1S/C16H26N2O2S/c1-3-21(19,20)18(16-10-12-17(2)13-11-16)14-9-15-7-5-4-6-8-15/h4-8,16H,3,9-14H2,1-2H3. The van der Waals surface area contributed by atoms with E-state index >= 15 is 0 Å². The smallest absolute Gasteiger partial charge is 0.214 e. The normalized spacial score (nSPS) is 18.2. The van der Waals surface area contributed by atoms with Gasteiger partial charge in [0.05, 0.1) is 5.75 Å². The van der Waals surface area contributed by atoms with Crippen molar-refractivity contribution in [3.05, 3.63) is 35.9 Å². The summed E-state index contributed by atoms with van der Waals surface area (Å²) in [7, 11) is -1.04. The fourth-order valence-electron chi connectivity index (χ4n) is 2.88. The molecule has 1 aliphatic rings. The molecule has 2 rings (SSSR count). The SMILES string of the molecule is CCS(=O)(=O)N(CCc1ccccc1)C1CCN(C)CC1. The van der Waals surface area contributed by atoms with Crippen molar-refractivity contribution in [2.24, 2.45) is 0 Å². The first-order valence-corrected chi connectivity index (χ1v) is 9.36. The number of hydrogen-bond donors (Lipinski definition) is 0. The highest BCUT2D eigenvalue weighted by molar-refractivity contribution is 7.89. The van der Waals surface area contributed by atoms with E-state index in [-0.39, 0.29) is 11.8 Å². The van der Waals surface area contributed by atoms with Crippen molar-refractivity contribution in [2.75, 3.05) is 32.4 Å². The molecule has 0 aliphatic carbocycles. The lowest BCUT2D eigenvalue weighted by atomic mass is 10.0. The predicted octanol–water partition coefficient (Wildman–Crippen LogP) is 1.98. The maximum Gasteiger partial charge on any atom is 0.214 e. The number of sulfonamides is 1. The van der Waals surface area contributed by atoms with Crippen LogP contribution in [0.25, 0.3) is 0 Å². The molecule has 0 N–H and O–H groups in total. The molecule has 1 aromatic rings. The van der Waals surface area contributed by atoms with E-state index in [1.807, 2.05) is 18.2 Å². The first-order valence-electron chi connectivity index (χ1n) is 7.75. The van der Waals surface area contributed by atoms with Gasteiger partial charge in [0.25, 0.3) is 0 Å². The number of benzene rings is 1. The minimum atomic E-state index is -3.13. The number of likely N-dealkylation sites (tertiary alicyclic amines) is 1. The van der Waals surface area contributed by atoms with Gasteiger partial charge in [-0.05, 0) is 51.9 Å². The Labute approximate surface area is 128 Å². The van der Waals surface area contributed by atoms with E-state index in [9.17, 15) is 8.42 Å². The summed E-state index contributed by atoms with van der Waals surface area (Å²) in [6, 6.07) is 10.3. The lowest BCUT2D eigenvalue weighted by molar-refractivity contribution is 0.183. The minimum Gasteiger partial charge on any atom is -0.306 e. The predicted molar refractivity (Wildman–Crippen MR) is 86.8 cm³/mol. The van der Waals surface area contributed by atoms with E-state index in [2.05, 4.69) is 24.1 Å². The number of hydrogen-bond acceptors (Lipinski definition) is 3. The van der Waals surface area contributed by atoms with Crippen molar-refractivity contribution < 1.29 is 8.42 Å². The topological polar surface area (TPSA) is 40.6 Å². The zero-order chi connectivity index (χ0) is 15.3. The van der Waals surface area contributed by atoms with E-state index in [0.29, 0.717) is 6.54 Å². The van der Waals surface area contributed by atoms with E-state index in [1.54, 1.807) is 11.2 Å². The van der Waals surface area contributed by atoms with Gasteiger partial charge in [-0.25, -0.2) is 8.42 Å². The third kappa shape index (κ3) is 4.53. The van der Waals surface area contributed by atoms with Gasteiger partial charge in [-0.15, -0.1) is 0 Å². The van der Waals surface area contributed by atoms with Crippen LogP contribution in [0, 0.1) is 0 Å². The molecule has 5 heteroatoms. The van der Waals surface area contributed by atoms with Crippen molar-refractivity contribution in [1.82, 2.24) is 9.21 Å². The maximum atomic E-state index is 12.4. The minimum absolute atomic E-state index is 0.162. The fourth-order valence-corrected chi connectivity index (χ4v) is 4.25. The molecule has 1 heterocycles. The van der Waals surface area contributed by atoms with Gasteiger partial charge in [0.15, 0.2) is 0 Å². The lowest BCUT2D eigenvalue weighted by Gasteiger charge is -2.36. The zero-order valence-corrected chi connectivity index (χ0v) is 13.8. The van der Waals surface area contributed by atoms with Gasteiger partial charge in [-0.1, -0.05) is 30.3 Å². The Balaban J connectivity index is 2.06. The summed E-state index contributed by atoms with van der Waals surface area (Å²) >= 11 is 0. The Bertz CT molecular complexity index is 522. The second-order valence-corrected chi connectivity index (χ2v) is 7.99. The monoisotopic (exact) mass is 310 g/mol. The van der Waals surface area contributed by atoms with Crippen LogP contribution in [0.3, 0.4) is 0 Å². The van der Waals surface area contributed by atoms with Gasteiger partial charge in [0.2, 0.25) is 10.0 Å². The van der Waals surface area contributed by atoms with Crippen molar-refractivity contribution in [2.45, 2.75) is 32.2 Å². The molecular formula is C16H26N2O2S. The van der Waals surface area contributed by atoms with Gasteiger partial charge in [0.1, 0.15) is 0 Å². The largest absolute Gasteiger partial charge is 0.306 e. The van der Waals surface area contributed by atoms with Crippen LogP contribution in [-0.4, -0.2) is 56.1 Å². The van der Waals surface area contributed by atoms with Crippen LogP contribution >= 0.6 is 0 Å². The highest BCUT2D eigenvalue weighted by Gasteiger charge is 2.30. The molecule has 1 saturated heterocycles. The molecule has 0 amide bonds. The summed E-state index contributed by atoms with van der Waals surface area (Å²) in [6.45, 7) is 4.28. The van der Waals surface area contributed by atoms with Crippen LogP contribution in [0.2, 0.25) is 0 Å². The van der Waals surface area contributed by atoms with Crippen LogP contribution in [0.5, 0.6) is 0 Å². The van der Waals surface area contributed by atoms with Crippen molar-refractivity contribution >= 4 is 10.0 Å². The van der Waals surface area contributed by atoms with Gasteiger partial charge < -0.3 is 4.90 Å². The van der Waals surface area contributed by atoms with Crippen LogP contribution < -0.4 is 0 Å². The quantitative estimate of drug-likeness (QED) is 0.806. The first kappa shape index (κ1) is 16.5. The van der Waals surface area contributed by atoms with Crippen molar-refractivity contribution in [1.29, 1.82) is 0 Å². The molecule has 0 saturated carbocycles. The van der Waals surface area contributed by atoms with E-state index < -0.39 is 10.0 Å². The molecule has 1 aliphatic heterocycles. The Morgan fingerprint density at radius 1 is 1.19 bits per heavy atom. The number of nitrogens with zero attached hydrogens (tertiary/aromatic N) is 2. The lowest BCUT2D eigenvalue weighted by Crippen LogP contribution is -2.47. The molecule has 0 bridgehead atoms. The summed E-state index contributed by atoms with van der Waals surface area (Å²) < 4.78 is 26.6. The Kier molecular flexibility index (Phi) is 5.79. The Morgan fingerprint density at radius 3 is 2.38 bits per heavy atom. The maximum absolute atomic E-state index is 12.4. The molecular weight excluding hydrogens is 284 g/mol. The molecule has 0 unspecified atom stereocenters. The fraction of sp³-hybridized carbons (Fsp3) is 0.625. The van der Waals surface area contributed by atoms with Crippen molar-refractivity contribution in [3.8, 4) is 0 Å². The van der Waals surface area contributed by atoms with Crippen LogP contribution in [0.15, 0.2) is 30.3 Å². The summed E-state index contributed by atoms with van der Waals surface area (Å²) in [5.41, 5.74) is 1.20. The number of rotatable bonds is 6. The van der Waals surface area contributed by atoms with Gasteiger partial charge in [-0.3, -0.25) is 0 Å². The highest BCUT2D eigenvalue weighted by atomic mass is 32.2. The van der Waals surface area contributed by atoms with E-state index in [1.165, 1.54) is 5.56 Å². The summed E-state index contributed by atoms with van der Waals surface area (Å²) in [6.07, 6.45) is 2.65. The molecule has 0 radical (unpaired) electrons. The molecule has 0 aromatic heterocycles. The average molecular weight is 310 g/mol. The summed E-state index contributed by atoms with van der Waals surface area (Å²) in [5.74, 6) is 0.189. The van der Waals surface area contributed by atoms with Crippen LogP contribution in [0.4, 0.5) is 0 Å². The van der Waals surface area contributed by atoms with E-state index in [0.717, 1.165) is 32.4 Å². The van der Waals surface area contributed by atoms with Gasteiger partial charge in [-0.2, -0.15) is 4.31 Å². The third-order valence-electron chi connectivity index (χ3n) is 4.28. The van der Waals surface area contributed by atoms with Gasteiger partial charge >= 0.3 is 0 Å². The average Bonchev–Trinajstić information content (AvgIpc) is 2.50. The molecule has 1 aromatic carbocycles. The molecule has 4 nitrogen and oxygen atoms in total. The van der Waals surface area contributed by atoms with Crippen LogP contribution in [-0.2, 0) is 16.4 Å². The van der Waals surface area contributed by atoms with Gasteiger partial charge in [0, 0.05) is 12.6 Å². The first-order chi connectivity index (χ1) is 10.0. The third-order valence-corrected chi connectivity index (χ3v) is 6.21. The second-order valence-electron chi connectivity index (χ2n) is 5.78. The molecule has 118 valence electrons. The summed E-state index contributed by atoms with van der Waals surface area (Å²) in [4.78, 5) is 2.27. The second kappa shape index (κ2) is 7.38. The molecule has 0 spiro atoms. The van der Waals surface area contributed by atoms with E-state index in [4.69, 9.17) is 0 Å². The van der Waals surface area contributed by atoms with Crippen molar-refractivity contribution in [3.63, 3.8) is 0 Å². The highest BCUT2D eigenvalue weighted by Crippen LogP contribution is 2.20.